The number of likely N-dealkylation sites (N-methyl/N-ethyl adjacent to an activating group) is 1. The Hall–Kier alpha value is -2.64. The number of amides is 1. The molecule has 1 rings (SSSR count). The van der Waals surface area contributed by atoms with E-state index >= 15 is 0 Å². The van der Waals surface area contributed by atoms with Crippen LogP contribution in [0.25, 0.3) is 0 Å². The molecule has 0 aliphatic rings. The topological polar surface area (TPSA) is 119 Å². The number of nitrogens with zero attached hydrogens (tertiary/aromatic N) is 1. The maximum atomic E-state index is 11.0. The Labute approximate surface area is 101 Å². The Morgan fingerprint density at radius 3 is 2.67 bits per heavy atom. The lowest BCUT2D eigenvalue weighted by Crippen LogP contribution is -2.25. The van der Waals surface area contributed by atoms with Crippen LogP contribution in [0.15, 0.2) is 18.2 Å². The van der Waals surface area contributed by atoms with E-state index in [1.165, 1.54) is 13.1 Å². The standard InChI is InChI=1S/C10H10N2O6/c1-11-8(13)5-18-9-6(10(14)15)3-2-4-7(9)12(16)17/h2-4H,5H2,1H3,(H,11,13)(H,14,15). The van der Waals surface area contributed by atoms with E-state index in [-0.39, 0.29) is 5.56 Å². The summed E-state index contributed by atoms with van der Waals surface area (Å²) in [7, 11) is 1.36. The fraction of sp³-hybridized carbons (Fsp3) is 0.200. The van der Waals surface area contributed by atoms with Gasteiger partial charge in [-0.1, -0.05) is 6.07 Å². The Morgan fingerprint density at radius 1 is 1.50 bits per heavy atom. The molecular weight excluding hydrogens is 244 g/mol. The first kappa shape index (κ1) is 13.4. The van der Waals surface area contributed by atoms with Crippen LogP contribution in [0.2, 0.25) is 0 Å². The number of nitro benzene ring substituents is 1. The Bertz CT molecular complexity index is 467. The van der Waals surface area contributed by atoms with E-state index < -0.39 is 34.8 Å². The summed E-state index contributed by atoms with van der Waals surface area (Å²) in [5, 5.41) is 21.9. The molecule has 0 unspecified atom stereocenters. The molecule has 96 valence electrons. The van der Waals surface area contributed by atoms with Crippen LogP contribution in [0.5, 0.6) is 5.75 Å². The van der Waals surface area contributed by atoms with Gasteiger partial charge in [-0.15, -0.1) is 0 Å². The van der Waals surface area contributed by atoms with E-state index in [0.29, 0.717) is 0 Å². The van der Waals surface area contributed by atoms with Gasteiger partial charge in [-0.3, -0.25) is 14.9 Å². The van der Waals surface area contributed by atoms with Crippen molar-refractivity contribution in [1.82, 2.24) is 5.32 Å². The summed E-state index contributed by atoms with van der Waals surface area (Å²) in [6.07, 6.45) is 0. The van der Waals surface area contributed by atoms with Crippen molar-refractivity contribution in [1.29, 1.82) is 0 Å². The second kappa shape index (κ2) is 5.62. The zero-order valence-electron chi connectivity index (χ0n) is 9.37. The van der Waals surface area contributed by atoms with Gasteiger partial charge in [0.1, 0.15) is 5.56 Å². The summed E-state index contributed by atoms with van der Waals surface area (Å²) in [4.78, 5) is 31.9. The van der Waals surface area contributed by atoms with Crippen LogP contribution >= 0.6 is 0 Å². The van der Waals surface area contributed by atoms with Gasteiger partial charge in [-0.05, 0) is 6.07 Å². The number of carbonyl (C=O) groups is 2. The number of carboxylic acid groups (broad SMARTS) is 1. The van der Waals surface area contributed by atoms with Crippen molar-refractivity contribution < 1.29 is 24.4 Å². The van der Waals surface area contributed by atoms with Crippen LogP contribution in [0.4, 0.5) is 5.69 Å². The molecule has 0 saturated heterocycles. The third kappa shape index (κ3) is 2.94. The molecular formula is C10H10N2O6. The van der Waals surface area contributed by atoms with Crippen molar-refractivity contribution in [3.63, 3.8) is 0 Å². The molecule has 18 heavy (non-hydrogen) atoms. The minimum absolute atomic E-state index is 0.367. The zero-order chi connectivity index (χ0) is 13.7. The smallest absolute Gasteiger partial charge is 0.339 e. The maximum Gasteiger partial charge on any atom is 0.339 e. The van der Waals surface area contributed by atoms with Crippen molar-refractivity contribution in [2.45, 2.75) is 0 Å². The van der Waals surface area contributed by atoms with E-state index in [4.69, 9.17) is 9.84 Å². The third-order valence-electron chi connectivity index (χ3n) is 2.05. The monoisotopic (exact) mass is 254 g/mol. The minimum Gasteiger partial charge on any atom is -0.478 e. The Kier molecular flexibility index (Phi) is 4.19. The molecule has 2 N–H and O–H groups in total. The third-order valence-corrected chi connectivity index (χ3v) is 2.05. The van der Waals surface area contributed by atoms with Gasteiger partial charge in [0.05, 0.1) is 4.92 Å². The van der Waals surface area contributed by atoms with Crippen LogP contribution in [-0.4, -0.2) is 35.6 Å². The predicted octanol–water partition coefficient (Wildman–Crippen LogP) is 0.418. The first-order chi connectivity index (χ1) is 8.47. The first-order valence-corrected chi connectivity index (χ1v) is 4.81. The van der Waals surface area contributed by atoms with E-state index in [1.807, 2.05) is 0 Å². The molecule has 0 spiro atoms. The molecule has 0 fully saturated rings. The zero-order valence-corrected chi connectivity index (χ0v) is 9.37. The molecule has 8 heteroatoms. The molecule has 1 amide bonds. The molecule has 0 saturated carbocycles. The van der Waals surface area contributed by atoms with Crippen molar-refractivity contribution >= 4 is 17.6 Å². The molecule has 1 aromatic rings. The fourth-order valence-corrected chi connectivity index (χ4v) is 1.20. The highest BCUT2D eigenvalue weighted by Crippen LogP contribution is 2.30. The van der Waals surface area contributed by atoms with E-state index in [0.717, 1.165) is 12.1 Å². The highest BCUT2D eigenvalue weighted by Gasteiger charge is 2.23. The first-order valence-electron chi connectivity index (χ1n) is 4.81. The summed E-state index contributed by atoms with van der Waals surface area (Å²) >= 11 is 0. The SMILES string of the molecule is CNC(=O)COc1c(C(=O)O)cccc1[N+](=O)[O-]. The van der Waals surface area contributed by atoms with Crippen LogP contribution in [-0.2, 0) is 4.79 Å². The number of ether oxygens (including phenoxy) is 1. The second-order valence-electron chi connectivity index (χ2n) is 3.18. The molecule has 1 aromatic carbocycles. The summed E-state index contributed by atoms with van der Waals surface area (Å²) < 4.78 is 4.91. The number of carbonyl (C=O) groups excluding carboxylic acids is 1. The number of hydrogen-bond acceptors (Lipinski definition) is 5. The summed E-state index contributed by atoms with van der Waals surface area (Å²) in [5.74, 6) is -2.33. The van der Waals surface area contributed by atoms with Gasteiger partial charge in [0, 0.05) is 13.1 Å². The molecule has 0 aliphatic carbocycles. The summed E-state index contributed by atoms with van der Waals surface area (Å²) in [6, 6.07) is 3.49. The number of para-hydroxylation sites is 1. The highest BCUT2D eigenvalue weighted by molar-refractivity contribution is 5.92. The van der Waals surface area contributed by atoms with Gasteiger partial charge >= 0.3 is 11.7 Å². The van der Waals surface area contributed by atoms with Gasteiger partial charge in [0.2, 0.25) is 5.75 Å². The van der Waals surface area contributed by atoms with Crippen molar-refractivity contribution in [3.8, 4) is 5.75 Å². The van der Waals surface area contributed by atoms with Crippen molar-refractivity contribution in [2.24, 2.45) is 0 Å². The molecule has 0 radical (unpaired) electrons. The fourth-order valence-electron chi connectivity index (χ4n) is 1.20. The predicted molar refractivity (Wildman–Crippen MR) is 59.6 cm³/mol. The highest BCUT2D eigenvalue weighted by atomic mass is 16.6. The van der Waals surface area contributed by atoms with E-state index in [2.05, 4.69) is 5.32 Å². The lowest BCUT2D eigenvalue weighted by molar-refractivity contribution is -0.385. The number of nitrogens with one attached hydrogen (secondary N) is 1. The van der Waals surface area contributed by atoms with Gasteiger partial charge in [0.15, 0.2) is 6.61 Å². The van der Waals surface area contributed by atoms with Gasteiger partial charge in [0.25, 0.3) is 5.91 Å². The molecule has 8 nitrogen and oxygen atoms in total. The van der Waals surface area contributed by atoms with Gasteiger partial charge in [-0.2, -0.15) is 0 Å². The van der Waals surface area contributed by atoms with Gasteiger partial charge < -0.3 is 15.2 Å². The van der Waals surface area contributed by atoms with E-state index in [9.17, 15) is 19.7 Å². The van der Waals surface area contributed by atoms with Crippen molar-refractivity contribution in [3.05, 3.63) is 33.9 Å². The normalized spacial score (nSPS) is 9.61. The number of carboxylic acids is 1. The summed E-state index contributed by atoms with van der Waals surface area (Å²) in [5.41, 5.74) is -0.869. The van der Waals surface area contributed by atoms with Crippen LogP contribution in [0.3, 0.4) is 0 Å². The number of nitro groups is 1. The minimum atomic E-state index is -1.37. The largest absolute Gasteiger partial charge is 0.478 e. The van der Waals surface area contributed by atoms with Crippen LogP contribution in [0.1, 0.15) is 10.4 Å². The number of benzene rings is 1. The average molecular weight is 254 g/mol. The van der Waals surface area contributed by atoms with Crippen LogP contribution < -0.4 is 10.1 Å². The molecule has 0 heterocycles. The second-order valence-corrected chi connectivity index (χ2v) is 3.18. The Morgan fingerprint density at radius 2 is 2.17 bits per heavy atom. The van der Waals surface area contributed by atoms with Crippen LogP contribution in [0, 0.1) is 10.1 Å². The molecule has 0 aromatic heterocycles. The number of hydrogen-bond donors (Lipinski definition) is 2. The average Bonchev–Trinajstić information content (AvgIpc) is 2.34. The Balaban J connectivity index is 3.15. The van der Waals surface area contributed by atoms with E-state index in [1.54, 1.807) is 0 Å². The summed E-state index contributed by atoms with van der Waals surface area (Å²) in [6.45, 7) is -0.498. The quantitative estimate of drug-likeness (QED) is 0.580. The maximum absolute atomic E-state index is 11.0. The molecule has 0 atom stereocenters. The van der Waals surface area contributed by atoms with Gasteiger partial charge in [-0.25, -0.2) is 4.79 Å². The number of aromatic carboxylic acids is 1. The lowest BCUT2D eigenvalue weighted by atomic mass is 10.2. The molecule has 0 bridgehead atoms. The lowest BCUT2D eigenvalue weighted by Gasteiger charge is -2.08. The molecule has 0 aliphatic heterocycles. The van der Waals surface area contributed by atoms with Crippen molar-refractivity contribution in [2.75, 3.05) is 13.7 Å². The number of rotatable bonds is 5.